The third-order valence-electron chi connectivity index (χ3n) is 4.99. The second-order valence-electron chi connectivity index (χ2n) is 7.28. The molecule has 0 aromatic heterocycles. The molecule has 30 heavy (non-hydrogen) atoms. The van der Waals surface area contributed by atoms with Crippen molar-refractivity contribution in [3.05, 3.63) is 82.9 Å². The summed E-state index contributed by atoms with van der Waals surface area (Å²) in [5.74, 6) is 0.609. The van der Waals surface area contributed by atoms with Crippen molar-refractivity contribution in [2.45, 2.75) is 17.4 Å². The van der Waals surface area contributed by atoms with E-state index in [1.54, 1.807) is 48.5 Å². The maximum Gasteiger partial charge on any atom is 0.251 e. The summed E-state index contributed by atoms with van der Waals surface area (Å²) in [4.78, 5) is 12.6. The van der Waals surface area contributed by atoms with Crippen LogP contribution in [-0.4, -0.2) is 33.2 Å². The number of benzene rings is 3. The molecule has 0 saturated heterocycles. The van der Waals surface area contributed by atoms with Crippen molar-refractivity contribution in [2.75, 3.05) is 12.8 Å². The molecule has 1 aliphatic rings. The number of halogens is 1. The maximum atomic E-state index is 12.3. The number of hydrogen-bond acceptors (Lipinski definition) is 4. The van der Waals surface area contributed by atoms with Crippen LogP contribution in [0, 0.1) is 0 Å². The van der Waals surface area contributed by atoms with Gasteiger partial charge < -0.3 is 10.1 Å². The zero-order chi connectivity index (χ0) is 21.3. The highest BCUT2D eigenvalue weighted by atomic mass is 35.5. The first kappa shape index (κ1) is 20.4. The third kappa shape index (κ3) is 4.50. The predicted octanol–water partition coefficient (Wildman–Crippen LogP) is 4.14. The zero-order valence-corrected chi connectivity index (χ0v) is 17.8. The summed E-state index contributed by atoms with van der Waals surface area (Å²) >= 11 is 5.94. The lowest BCUT2D eigenvalue weighted by Crippen LogP contribution is -2.34. The lowest BCUT2D eigenvalue weighted by molar-refractivity contribution is 0.0933. The molecule has 1 atom stereocenters. The molecular formula is C23H20ClNO4S. The third-order valence-corrected chi connectivity index (χ3v) is 6.36. The molecule has 1 N–H and O–H groups in total. The van der Waals surface area contributed by atoms with E-state index in [0.29, 0.717) is 28.4 Å². The first-order valence-corrected chi connectivity index (χ1v) is 11.7. The Hall–Kier alpha value is -2.83. The predicted molar refractivity (Wildman–Crippen MR) is 117 cm³/mol. The molecule has 0 fully saturated rings. The fourth-order valence-electron chi connectivity index (χ4n) is 3.45. The number of nitrogens with one attached hydrogen (secondary N) is 1. The molecule has 0 saturated carbocycles. The van der Waals surface area contributed by atoms with Gasteiger partial charge in [-0.2, -0.15) is 0 Å². The molecule has 1 heterocycles. The van der Waals surface area contributed by atoms with Gasteiger partial charge in [0.2, 0.25) is 0 Å². The quantitative estimate of drug-likeness (QED) is 0.645. The number of ether oxygens (including phenoxy) is 1. The van der Waals surface area contributed by atoms with Crippen molar-refractivity contribution in [3.63, 3.8) is 0 Å². The maximum absolute atomic E-state index is 12.3. The average molecular weight is 442 g/mol. The molecule has 5 nitrogen and oxygen atoms in total. The average Bonchev–Trinajstić information content (AvgIpc) is 3.13. The Kier molecular flexibility index (Phi) is 5.54. The molecule has 1 aliphatic heterocycles. The van der Waals surface area contributed by atoms with Crippen molar-refractivity contribution in [3.8, 4) is 16.9 Å². The van der Waals surface area contributed by atoms with Gasteiger partial charge in [-0.05, 0) is 59.2 Å². The van der Waals surface area contributed by atoms with Crippen molar-refractivity contribution >= 4 is 27.3 Å². The van der Waals surface area contributed by atoms with Gasteiger partial charge in [-0.1, -0.05) is 35.9 Å². The summed E-state index contributed by atoms with van der Waals surface area (Å²) < 4.78 is 29.2. The Bertz CT molecular complexity index is 1210. The fourth-order valence-corrected chi connectivity index (χ4v) is 4.27. The van der Waals surface area contributed by atoms with Crippen LogP contribution < -0.4 is 10.1 Å². The first-order chi connectivity index (χ1) is 14.3. The molecule has 0 unspecified atom stereocenters. The van der Waals surface area contributed by atoms with Gasteiger partial charge in [-0.15, -0.1) is 0 Å². The van der Waals surface area contributed by atoms with Crippen LogP contribution in [0.3, 0.4) is 0 Å². The number of carbonyl (C=O) groups excluding carboxylic acids is 1. The fraction of sp³-hybridized carbons (Fsp3) is 0.174. The highest BCUT2D eigenvalue weighted by molar-refractivity contribution is 7.90. The number of sulfone groups is 1. The number of amides is 1. The van der Waals surface area contributed by atoms with Crippen LogP contribution in [0.25, 0.3) is 11.1 Å². The molecule has 4 rings (SSSR count). The molecule has 0 spiro atoms. The molecule has 0 aliphatic carbocycles. The zero-order valence-electron chi connectivity index (χ0n) is 16.3. The minimum Gasteiger partial charge on any atom is -0.488 e. The van der Waals surface area contributed by atoms with Gasteiger partial charge in [-0.25, -0.2) is 8.42 Å². The largest absolute Gasteiger partial charge is 0.488 e. The van der Waals surface area contributed by atoms with E-state index in [1.807, 2.05) is 18.2 Å². The summed E-state index contributed by atoms with van der Waals surface area (Å²) in [6.45, 7) is 0.387. The number of hydrogen-bond donors (Lipinski definition) is 1. The molecule has 3 aromatic carbocycles. The highest BCUT2D eigenvalue weighted by Gasteiger charge is 2.24. The normalized spacial score (nSPS) is 15.3. The Morgan fingerprint density at radius 1 is 1.07 bits per heavy atom. The SMILES string of the molecule is CS(=O)(=O)c1ccc(-c2ccc3c(c2)C[C@H](CNC(=O)c2cccc(Cl)c2)O3)cc1. The summed E-state index contributed by atoms with van der Waals surface area (Å²) in [6, 6.07) is 19.5. The summed E-state index contributed by atoms with van der Waals surface area (Å²) in [5, 5.41) is 3.41. The second-order valence-corrected chi connectivity index (χ2v) is 9.74. The van der Waals surface area contributed by atoms with Gasteiger partial charge in [0, 0.05) is 23.3 Å². The minimum atomic E-state index is -3.22. The van der Waals surface area contributed by atoms with Crippen molar-refractivity contribution < 1.29 is 17.9 Å². The number of fused-ring (bicyclic) bond motifs is 1. The molecule has 0 radical (unpaired) electrons. The standard InChI is InChI=1S/C23H20ClNO4S/c1-30(27,28)21-8-5-15(6-9-21)16-7-10-22-18(11-16)13-20(29-22)14-25-23(26)17-3-2-4-19(24)12-17/h2-12,20H,13-14H2,1H3,(H,25,26)/t20-/m1/s1. The van der Waals surface area contributed by atoms with E-state index in [2.05, 4.69) is 5.32 Å². The Morgan fingerprint density at radius 3 is 2.50 bits per heavy atom. The van der Waals surface area contributed by atoms with Crippen LogP contribution in [0.1, 0.15) is 15.9 Å². The summed E-state index contributed by atoms with van der Waals surface area (Å²) in [5.41, 5.74) is 3.49. The molecule has 1 amide bonds. The first-order valence-electron chi connectivity index (χ1n) is 9.43. The number of carbonyl (C=O) groups is 1. The molecule has 0 bridgehead atoms. The van der Waals surface area contributed by atoms with Gasteiger partial charge >= 0.3 is 0 Å². The van der Waals surface area contributed by atoms with Crippen LogP contribution in [-0.2, 0) is 16.3 Å². The summed E-state index contributed by atoms with van der Waals surface area (Å²) in [7, 11) is -3.22. The summed E-state index contributed by atoms with van der Waals surface area (Å²) in [6.07, 6.45) is 1.73. The highest BCUT2D eigenvalue weighted by Crippen LogP contribution is 2.33. The molecular weight excluding hydrogens is 422 g/mol. The molecule has 3 aromatic rings. The van der Waals surface area contributed by atoms with E-state index in [9.17, 15) is 13.2 Å². The number of rotatable bonds is 5. The van der Waals surface area contributed by atoms with Crippen LogP contribution >= 0.6 is 11.6 Å². The van der Waals surface area contributed by atoms with Crippen LogP contribution in [0.5, 0.6) is 5.75 Å². The van der Waals surface area contributed by atoms with E-state index in [0.717, 1.165) is 22.4 Å². The molecule has 154 valence electrons. The van der Waals surface area contributed by atoms with Crippen molar-refractivity contribution in [2.24, 2.45) is 0 Å². The Morgan fingerprint density at radius 2 is 1.80 bits per heavy atom. The van der Waals surface area contributed by atoms with Gasteiger partial charge in [0.05, 0.1) is 11.4 Å². The van der Waals surface area contributed by atoms with E-state index in [1.165, 1.54) is 6.26 Å². The lowest BCUT2D eigenvalue weighted by Gasteiger charge is -2.12. The lowest BCUT2D eigenvalue weighted by atomic mass is 10.0. The molecule has 7 heteroatoms. The van der Waals surface area contributed by atoms with Crippen LogP contribution in [0.4, 0.5) is 0 Å². The van der Waals surface area contributed by atoms with Gasteiger partial charge in [0.1, 0.15) is 11.9 Å². The smallest absolute Gasteiger partial charge is 0.251 e. The van der Waals surface area contributed by atoms with Gasteiger partial charge in [0.15, 0.2) is 9.84 Å². The van der Waals surface area contributed by atoms with E-state index in [-0.39, 0.29) is 12.0 Å². The van der Waals surface area contributed by atoms with Crippen LogP contribution in [0.15, 0.2) is 71.6 Å². The van der Waals surface area contributed by atoms with E-state index in [4.69, 9.17) is 16.3 Å². The van der Waals surface area contributed by atoms with E-state index < -0.39 is 9.84 Å². The minimum absolute atomic E-state index is 0.147. The Labute approximate surface area is 180 Å². The Balaban J connectivity index is 1.42. The van der Waals surface area contributed by atoms with Crippen LogP contribution in [0.2, 0.25) is 5.02 Å². The van der Waals surface area contributed by atoms with E-state index >= 15 is 0 Å². The second kappa shape index (κ2) is 8.13. The topological polar surface area (TPSA) is 72.5 Å². The van der Waals surface area contributed by atoms with Gasteiger partial charge in [0.25, 0.3) is 5.91 Å². The van der Waals surface area contributed by atoms with Crippen molar-refractivity contribution in [1.29, 1.82) is 0 Å². The monoisotopic (exact) mass is 441 g/mol. The van der Waals surface area contributed by atoms with Crippen molar-refractivity contribution in [1.82, 2.24) is 5.32 Å². The van der Waals surface area contributed by atoms with Gasteiger partial charge in [-0.3, -0.25) is 4.79 Å².